The van der Waals surface area contributed by atoms with Crippen LogP contribution in [0.25, 0.3) is 0 Å². The highest BCUT2D eigenvalue weighted by molar-refractivity contribution is 6.30. The summed E-state index contributed by atoms with van der Waals surface area (Å²) in [6.45, 7) is 0. The molecule has 1 aromatic carbocycles. The van der Waals surface area contributed by atoms with Gasteiger partial charge in [0.25, 0.3) is 0 Å². The van der Waals surface area contributed by atoms with Crippen LogP contribution >= 0.6 is 11.6 Å². The van der Waals surface area contributed by atoms with Gasteiger partial charge in [-0.1, -0.05) is 37.3 Å². The number of ether oxygens (including phenoxy) is 1. The number of rotatable bonds is 3. The Bertz CT molecular complexity index is 500. The van der Waals surface area contributed by atoms with Crippen molar-refractivity contribution in [2.45, 2.75) is 57.1 Å². The molecule has 1 spiro atoms. The Balaban J connectivity index is 1.76. The minimum Gasteiger partial charge on any atom is -0.490 e. The topological polar surface area (TPSA) is 21.3 Å². The molecular weight excluding hydrogens is 289 g/mol. The van der Waals surface area contributed by atoms with Gasteiger partial charge in [0.15, 0.2) is 0 Å². The van der Waals surface area contributed by atoms with Crippen molar-refractivity contribution in [1.29, 1.82) is 0 Å². The summed E-state index contributed by atoms with van der Waals surface area (Å²) in [5.41, 5.74) is 0.224. The Morgan fingerprint density at radius 1 is 1.24 bits per heavy atom. The molecule has 3 rings (SSSR count). The fourth-order valence-electron chi connectivity index (χ4n) is 4.09. The predicted octanol–water partition coefficient (Wildman–Crippen LogP) is 4.56. The standard InChI is InChI=1S/C17H23ClFNO/c1-20-15-11-16(17(15)8-4-2-3-5-9-17)21-12-6-7-13(18)14(19)10-12/h6-7,10,15-16,20H,2-5,8-9,11H2,1H3. The molecule has 2 saturated carbocycles. The van der Waals surface area contributed by atoms with Gasteiger partial charge in [-0.15, -0.1) is 0 Å². The second kappa shape index (κ2) is 6.13. The molecule has 0 amide bonds. The Morgan fingerprint density at radius 3 is 2.57 bits per heavy atom. The van der Waals surface area contributed by atoms with Crippen LogP contribution in [0.5, 0.6) is 5.75 Å². The zero-order valence-electron chi connectivity index (χ0n) is 12.5. The minimum absolute atomic E-state index is 0.147. The third-order valence-corrected chi connectivity index (χ3v) is 5.64. The molecule has 0 heterocycles. The molecule has 4 heteroatoms. The van der Waals surface area contributed by atoms with Gasteiger partial charge < -0.3 is 10.1 Å². The maximum Gasteiger partial charge on any atom is 0.145 e. The smallest absolute Gasteiger partial charge is 0.145 e. The monoisotopic (exact) mass is 311 g/mol. The van der Waals surface area contributed by atoms with Gasteiger partial charge >= 0.3 is 0 Å². The van der Waals surface area contributed by atoms with E-state index >= 15 is 0 Å². The van der Waals surface area contributed by atoms with Crippen LogP contribution in [0.15, 0.2) is 18.2 Å². The molecular formula is C17H23ClFNO. The Morgan fingerprint density at radius 2 is 1.95 bits per heavy atom. The summed E-state index contributed by atoms with van der Waals surface area (Å²) >= 11 is 5.73. The number of hydrogen-bond donors (Lipinski definition) is 1. The van der Waals surface area contributed by atoms with Gasteiger partial charge in [-0.3, -0.25) is 0 Å². The van der Waals surface area contributed by atoms with Crippen LogP contribution in [0.3, 0.4) is 0 Å². The molecule has 116 valence electrons. The van der Waals surface area contributed by atoms with E-state index < -0.39 is 5.82 Å². The van der Waals surface area contributed by atoms with E-state index in [0.29, 0.717) is 11.8 Å². The fourth-order valence-corrected chi connectivity index (χ4v) is 4.21. The Hall–Kier alpha value is -0.800. The first-order valence-electron chi connectivity index (χ1n) is 7.95. The summed E-state index contributed by atoms with van der Waals surface area (Å²) < 4.78 is 19.7. The Kier molecular flexibility index (Phi) is 4.41. The normalized spacial score (nSPS) is 28.0. The lowest BCUT2D eigenvalue weighted by Crippen LogP contribution is -2.64. The second-order valence-electron chi connectivity index (χ2n) is 6.41. The van der Waals surface area contributed by atoms with E-state index in [1.54, 1.807) is 12.1 Å². The van der Waals surface area contributed by atoms with Crippen LogP contribution < -0.4 is 10.1 Å². The molecule has 2 nitrogen and oxygen atoms in total. The maximum atomic E-state index is 13.6. The van der Waals surface area contributed by atoms with Crippen molar-refractivity contribution in [1.82, 2.24) is 5.32 Å². The van der Waals surface area contributed by atoms with Crippen LogP contribution in [-0.2, 0) is 0 Å². The van der Waals surface area contributed by atoms with Gasteiger partial charge in [-0.2, -0.15) is 0 Å². The van der Waals surface area contributed by atoms with Gasteiger partial charge in [0.2, 0.25) is 0 Å². The molecule has 0 saturated heterocycles. The summed E-state index contributed by atoms with van der Waals surface area (Å²) in [5, 5.41) is 3.60. The van der Waals surface area contributed by atoms with E-state index in [1.165, 1.54) is 44.6 Å². The first kappa shape index (κ1) is 15.1. The summed E-state index contributed by atoms with van der Waals surface area (Å²) in [6.07, 6.45) is 8.79. The van der Waals surface area contributed by atoms with Gasteiger partial charge in [-0.05, 0) is 32.0 Å². The number of nitrogens with one attached hydrogen (secondary N) is 1. The lowest BCUT2D eigenvalue weighted by atomic mass is 9.58. The largest absolute Gasteiger partial charge is 0.490 e. The van der Waals surface area contributed by atoms with E-state index in [4.69, 9.17) is 16.3 Å². The van der Waals surface area contributed by atoms with E-state index in [-0.39, 0.29) is 16.5 Å². The molecule has 1 N–H and O–H groups in total. The van der Waals surface area contributed by atoms with Crippen molar-refractivity contribution < 1.29 is 9.13 Å². The zero-order valence-corrected chi connectivity index (χ0v) is 13.3. The van der Waals surface area contributed by atoms with Gasteiger partial charge in [-0.25, -0.2) is 4.39 Å². The molecule has 2 aliphatic rings. The molecule has 21 heavy (non-hydrogen) atoms. The third-order valence-electron chi connectivity index (χ3n) is 5.34. The molecule has 2 fully saturated rings. The molecule has 2 unspecified atom stereocenters. The van der Waals surface area contributed by atoms with Crippen molar-refractivity contribution in [2.24, 2.45) is 5.41 Å². The third kappa shape index (κ3) is 2.78. The van der Waals surface area contributed by atoms with Crippen molar-refractivity contribution in [3.05, 3.63) is 29.0 Å². The highest BCUT2D eigenvalue weighted by Crippen LogP contribution is 2.52. The first-order valence-corrected chi connectivity index (χ1v) is 8.32. The molecule has 2 aliphatic carbocycles. The zero-order chi connectivity index (χ0) is 14.9. The quantitative estimate of drug-likeness (QED) is 0.883. The van der Waals surface area contributed by atoms with Crippen molar-refractivity contribution in [2.75, 3.05) is 7.05 Å². The maximum absolute atomic E-state index is 13.6. The van der Waals surface area contributed by atoms with E-state index in [1.807, 2.05) is 7.05 Å². The number of halogens is 2. The van der Waals surface area contributed by atoms with Crippen LogP contribution in [0.4, 0.5) is 4.39 Å². The molecule has 0 aliphatic heterocycles. The number of benzene rings is 1. The van der Waals surface area contributed by atoms with Crippen molar-refractivity contribution >= 4 is 11.6 Å². The lowest BCUT2D eigenvalue weighted by Gasteiger charge is -2.55. The van der Waals surface area contributed by atoms with E-state index in [9.17, 15) is 4.39 Å². The lowest BCUT2D eigenvalue weighted by molar-refractivity contribution is -0.0882. The highest BCUT2D eigenvalue weighted by Gasteiger charge is 2.55. The fraction of sp³-hybridized carbons (Fsp3) is 0.647. The average Bonchev–Trinajstić information content (AvgIpc) is 2.74. The predicted molar refractivity (Wildman–Crippen MR) is 83.4 cm³/mol. The van der Waals surface area contributed by atoms with E-state index in [0.717, 1.165) is 6.42 Å². The summed E-state index contributed by atoms with van der Waals surface area (Å²) in [6, 6.07) is 5.26. The minimum atomic E-state index is -0.409. The summed E-state index contributed by atoms with van der Waals surface area (Å²) in [5.74, 6) is 0.189. The van der Waals surface area contributed by atoms with Crippen LogP contribution in [0, 0.1) is 11.2 Å². The average molecular weight is 312 g/mol. The second-order valence-corrected chi connectivity index (χ2v) is 6.81. The van der Waals surface area contributed by atoms with Gasteiger partial charge in [0.1, 0.15) is 17.7 Å². The van der Waals surface area contributed by atoms with Crippen LogP contribution in [0.2, 0.25) is 5.02 Å². The molecule has 2 atom stereocenters. The summed E-state index contributed by atoms with van der Waals surface area (Å²) in [4.78, 5) is 0. The van der Waals surface area contributed by atoms with E-state index in [2.05, 4.69) is 5.32 Å². The van der Waals surface area contributed by atoms with Crippen LogP contribution in [0.1, 0.15) is 44.9 Å². The molecule has 0 radical (unpaired) electrons. The summed E-state index contributed by atoms with van der Waals surface area (Å²) in [7, 11) is 2.04. The van der Waals surface area contributed by atoms with Gasteiger partial charge in [0.05, 0.1) is 5.02 Å². The van der Waals surface area contributed by atoms with Crippen molar-refractivity contribution in [3.8, 4) is 5.75 Å². The molecule has 0 bridgehead atoms. The van der Waals surface area contributed by atoms with Crippen LogP contribution in [-0.4, -0.2) is 19.2 Å². The molecule has 0 aromatic heterocycles. The van der Waals surface area contributed by atoms with Crippen molar-refractivity contribution in [3.63, 3.8) is 0 Å². The molecule has 1 aromatic rings. The SMILES string of the molecule is CNC1CC(Oc2ccc(Cl)c(F)c2)C12CCCCCC2. The highest BCUT2D eigenvalue weighted by atomic mass is 35.5. The Labute approximate surface area is 131 Å². The first-order chi connectivity index (χ1) is 10.2. The number of hydrogen-bond acceptors (Lipinski definition) is 2. The van der Waals surface area contributed by atoms with Gasteiger partial charge in [0, 0.05) is 23.9 Å².